The molecule has 88 valence electrons. The minimum Gasteiger partial charge on any atom is -0.301 e. The summed E-state index contributed by atoms with van der Waals surface area (Å²) in [6.45, 7) is 9.00. The lowest BCUT2D eigenvalue weighted by Gasteiger charge is -2.34. The minimum atomic E-state index is 0.615. The third-order valence-electron chi connectivity index (χ3n) is 3.57. The molecule has 1 aromatic rings. The third kappa shape index (κ3) is 2.40. The third-order valence-corrected chi connectivity index (χ3v) is 3.57. The normalized spacial score (nSPS) is 19.2. The van der Waals surface area contributed by atoms with Crippen LogP contribution >= 0.6 is 0 Å². The van der Waals surface area contributed by atoms with E-state index in [1.54, 1.807) is 6.20 Å². The summed E-state index contributed by atoms with van der Waals surface area (Å²) in [5.41, 5.74) is 2.32. The molecule has 1 fully saturated rings. The fourth-order valence-electron chi connectivity index (χ4n) is 2.51. The molecule has 0 radical (unpaired) electrons. The first-order chi connectivity index (χ1) is 7.68. The van der Waals surface area contributed by atoms with Gasteiger partial charge in [-0.05, 0) is 46.7 Å². The molecule has 1 saturated heterocycles. The molecule has 2 heterocycles. The maximum Gasteiger partial charge on any atom is 0.0647 e. The van der Waals surface area contributed by atoms with Gasteiger partial charge >= 0.3 is 0 Å². The van der Waals surface area contributed by atoms with Crippen LogP contribution in [0.25, 0.3) is 0 Å². The van der Waals surface area contributed by atoms with Crippen molar-refractivity contribution in [1.29, 1.82) is 0 Å². The van der Waals surface area contributed by atoms with E-state index in [1.165, 1.54) is 31.6 Å². The number of piperidine rings is 1. The van der Waals surface area contributed by atoms with Crippen molar-refractivity contribution >= 4 is 0 Å². The molecule has 0 unspecified atom stereocenters. The lowest BCUT2D eigenvalue weighted by molar-refractivity contribution is 0.170. The molecular weight excluding hydrogens is 198 g/mol. The molecule has 2 rings (SSSR count). The van der Waals surface area contributed by atoms with E-state index in [0.29, 0.717) is 12.0 Å². The highest BCUT2D eigenvalue weighted by Gasteiger charge is 2.23. The Morgan fingerprint density at radius 3 is 2.38 bits per heavy atom. The van der Waals surface area contributed by atoms with Gasteiger partial charge in [-0.1, -0.05) is 0 Å². The Morgan fingerprint density at radius 2 is 1.81 bits per heavy atom. The standard InChI is InChI=1S/C13H21N3/c1-10(2)16-8-4-12(5-9-16)13-11(3)14-6-7-15-13/h6-7,10,12H,4-5,8-9H2,1-3H3. The van der Waals surface area contributed by atoms with Crippen LogP contribution in [-0.4, -0.2) is 34.0 Å². The fourth-order valence-corrected chi connectivity index (χ4v) is 2.51. The van der Waals surface area contributed by atoms with Gasteiger partial charge in [0.2, 0.25) is 0 Å². The second-order valence-electron chi connectivity index (χ2n) is 4.93. The molecule has 0 aliphatic carbocycles. The first-order valence-electron chi connectivity index (χ1n) is 6.20. The van der Waals surface area contributed by atoms with Gasteiger partial charge in [-0.2, -0.15) is 0 Å². The van der Waals surface area contributed by atoms with E-state index in [9.17, 15) is 0 Å². The average Bonchev–Trinajstić information content (AvgIpc) is 2.30. The fraction of sp³-hybridized carbons (Fsp3) is 0.692. The topological polar surface area (TPSA) is 29.0 Å². The zero-order valence-electron chi connectivity index (χ0n) is 10.5. The van der Waals surface area contributed by atoms with Crippen molar-refractivity contribution in [2.75, 3.05) is 13.1 Å². The van der Waals surface area contributed by atoms with Crippen LogP contribution in [0.4, 0.5) is 0 Å². The summed E-state index contributed by atoms with van der Waals surface area (Å²) in [5.74, 6) is 0.615. The quantitative estimate of drug-likeness (QED) is 0.764. The van der Waals surface area contributed by atoms with Gasteiger partial charge in [-0.25, -0.2) is 0 Å². The van der Waals surface area contributed by atoms with Gasteiger partial charge in [-0.3, -0.25) is 9.97 Å². The molecule has 0 aromatic carbocycles. The number of hydrogen-bond acceptors (Lipinski definition) is 3. The van der Waals surface area contributed by atoms with Crippen LogP contribution in [0.1, 0.15) is 44.0 Å². The highest BCUT2D eigenvalue weighted by atomic mass is 15.1. The Bertz CT molecular complexity index is 341. The van der Waals surface area contributed by atoms with E-state index in [2.05, 4.69) is 35.6 Å². The van der Waals surface area contributed by atoms with Crippen LogP contribution in [0.3, 0.4) is 0 Å². The van der Waals surface area contributed by atoms with Crippen molar-refractivity contribution in [1.82, 2.24) is 14.9 Å². The van der Waals surface area contributed by atoms with Gasteiger partial charge in [0.1, 0.15) is 0 Å². The Balaban J connectivity index is 2.02. The molecule has 0 amide bonds. The van der Waals surface area contributed by atoms with Gasteiger partial charge in [-0.15, -0.1) is 0 Å². The molecule has 0 atom stereocenters. The Labute approximate surface area is 97.9 Å². The molecule has 0 saturated carbocycles. The van der Waals surface area contributed by atoms with E-state index in [0.717, 1.165) is 5.69 Å². The van der Waals surface area contributed by atoms with Gasteiger partial charge in [0.05, 0.1) is 11.4 Å². The predicted molar refractivity (Wildman–Crippen MR) is 65.5 cm³/mol. The summed E-state index contributed by atoms with van der Waals surface area (Å²) in [5, 5.41) is 0. The molecular formula is C13H21N3. The van der Waals surface area contributed by atoms with Crippen molar-refractivity contribution in [3.63, 3.8) is 0 Å². The number of aromatic nitrogens is 2. The van der Waals surface area contributed by atoms with Crippen molar-refractivity contribution < 1.29 is 0 Å². The summed E-state index contributed by atoms with van der Waals surface area (Å²) in [6.07, 6.45) is 6.04. The molecule has 0 spiro atoms. The van der Waals surface area contributed by atoms with Crippen molar-refractivity contribution in [3.05, 3.63) is 23.8 Å². The van der Waals surface area contributed by atoms with Crippen molar-refractivity contribution in [2.24, 2.45) is 0 Å². The highest BCUT2D eigenvalue weighted by Crippen LogP contribution is 2.28. The molecule has 1 aliphatic rings. The summed E-state index contributed by atoms with van der Waals surface area (Å²) >= 11 is 0. The van der Waals surface area contributed by atoms with Crippen LogP contribution in [0.15, 0.2) is 12.4 Å². The maximum atomic E-state index is 4.49. The summed E-state index contributed by atoms with van der Waals surface area (Å²) in [6, 6.07) is 0.670. The maximum absolute atomic E-state index is 4.49. The van der Waals surface area contributed by atoms with Crippen molar-refractivity contribution in [3.8, 4) is 0 Å². The smallest absolute Gasteiger partial charge is 0.0647 e. The van der Waals surface area contributed by atoms with E-state index in [1.807, 2.05) is 6.20 Å². The lowest BCUT2D eigenvalue weighted by Crippen LogP contribution is -2.38. The number of likely N-dealkylation sites (tertiary alicyclic amines) is 1. The van der Waals surface area contributed by atoms with Crippen LogP contribution < -0.4 is 0 Å². The number of aryl methyl sites for hydroxylation is 1. The van der Waals surface area contributed by atoms with E-state index >= 15 is 0 Å². The molecule has 3 heteroatoms. The predicted octanol–water partition coefficient (Wildman–Crippen LogP) is 2.37. The molecule has 3 nitrogen and oxygen atoms in total. The Hall–Kier alpha value is -0.960. The molecule has 16 heavy (non-hydrogen) atoms. The van der Waals surface area contributed by atoms with Gasteiger partial charge < -0.3 is 4.90 Å². The minimum absolute atomic E-state index is 0.615. The van der Waals surface area contributed by atoms with Gasteiger partial charge in [0.15, 0.2) is 0 Å². The van der Waals surface area contributed by atoms with Crippen LogP contribution in [0.5, 0.6) is 0 Å². The van der Waals surface area contributed by atoms with Crippen LogP contribution in [0, 0.1) is 6.92 Å². The van der Waals surface area contributed by atoms with Crippen LogP contribution in [0.2, 0.25) is 0 Å². The van der Waals surface area contributed by atoms with E-state index in [-0.39, 0.29) is 0 Å². The Kier molecular flexibility index (Phi) is 3.54. The largest absolute Gasteiger partial charge is 0.301 e. The van der Waals surface area contributed by atoms with Crippen LogP contribution in [-0.2, 0) is 0 Å². The van der Waals surface area contributed by atoms with E-state index < -0.39 is 0 Å². The number of rotatable bonds is 2. The zero-order chi connectivity index (χ0) is 11.5. The number of hydrogen-bond donors (Lipinski definition) is 0. The first-order valence-corrected chi connectivity index (χ1v) is 6.20. The Morgan fingerprint density at radius 1 is 1.19 bits per heavy atom. The second-order valence-corrected chi connectivity index (χ2v) is 4.93. The number of nitrogens with zero attached hydrogens (tertiary/aromatic N) is 3. The van der Waals surface area contributed by atoms with Crippen molar-refractivity contribution in [2.45, 2.75) is 45.6 Å². The summed E-state index contributed by atoms with van der Waals surface area (Å²) in [7, 11) is 0. The SMILES string of the molecule is Cc1nccnc1C1CCN(C(C)C)CC1. The molecule has 1 aromatic heterocycles. The highest BCUT2D eigenvalue weighted by molar-refractivity contribution is 5.14. The monoisotopic (exact) mass is 219 g/mol. The van der Waals surface area contributed by atoms with Gasteiger partial charge in [0, 0.05) is 24.4 Å². The zero-order valence-corrected chi connectivity index (χ0v) is 10.5. The summed E-state index contributed by atoms with van der Waals surface area (Å²) in [4.78, 5) is 11.4. The molecule has 0 bridgehead atoms. The lowest BCUT2D eigenvalue weighted by atomic mass is 9.91. The summed E-state index contributed by atoms with van der Waals surface area (Å²) < 4.78 is 0. The van der Waals surface area contributed by atoms with Gasteiger partial charge in [0.25, 0.3) is 0 Å². The molecule has 0 N–H and O–H groups in total. The van der Waals surface area contributed by atoms with E-state index in [4.69, 9.17) is 0 Å². The second kappa shape index (κ2) is 4.91. The average molecular weight is 219 g/mol. The first kappa shape index (κ1) is 11.5. The molecule has 1 aliphatic heterocycles.